The maximum absolute atomic E-state index is 11.3. The second-order valence-electron chi connectivity index (χ2n) is 6.42. The van der Waals surface area contributed by atoms with Crippen LogP contribution in [0, 0.1) is 0 Å². The standard InChI is InChI=1S/C20H25N3O/c21-22-20(24)15-18-7-5-16(6-8-18)3-4-17-9-11-19(12-10-17)23-13-1-2-14-23/h5-12H,1-4,13-15,21H2,(H,22,24). The van der Waals surface area contributed by atoms with E-state index in [4.69, 9.17) is 5.84 Å². The highest BCUT2D eigenvalue weighted by atomic mass is 16.2. The van der Waals surface area contributed by atoms with Gasteiger partial charge in [0, 0.05) is 18.8 Å². The van der Waals surface area contributed by atoms with Crippen molar-refractivity contribution in [1.29, 1.82) is 0 Å². The number of amides is 1. The fourth-order valence-corrected chi connectivity index (χ4v) is 3.20. The van der Waals surface area contributed by atoms with Crippen LogP contribution in [0.1, 0.15) is 29.5 Å². The minimum Gasteiger partial charge on any atom is -0.372 e. The minimum absolute atomic E-state index is 0.166. The van der Waals surface area contributed by atoms with E-state index in [0.717, 1.165) is 18.4 Å². The van der Waals surface area contributed by atoms with E-state index in [1.165, 1.54) is 42.7 Å². The molecule has 24 heavy (non-hydrogen) atoms. The average Bonchev–Trinajstić information content (AvgIpc) is 3.16. The zero-order chi connectivity index (χ0) is 16.8. The lowest BCUT2D eigenvalue weighted by molar-refractivity contribution is -0.120. The van der Waals surface area contributed by atoms with Crippen molar-refractivity contribution in [2.45, 2.75) is 32.1 Å². The van der Waals surface area contributed by atoms with Gasteiger partial charge in [-0.3, -0.25) is 10.2 Å². The lowest BCUT2D eigenvalue weighted by Crippen LogP contribution is -2.31. The number of nitrogens with one attached hydrogen (secondary N) is 1. The van der Waals surface area contributed by atoms with Gasteiger partial charge in [-0.15, -0.1) is 0 Å². The zero-order valence-corrected chi connectivity index (χ0v) is 14.0. The van der Waals surface area contributed by atoms with Crippen molar-refractivity contribution < 1.29 is 4.79 Å². The van der Waals surface area contributed by atoms with E-state index in [9.17, 15) is 4.79 Å². The number of carbonyl (C=O) groups is 1. The number of rotatable bonds is 6. The van der Waals surface area contributed by atoms with E-state index in [0.29, 0.717) is 6.42 Å². The van der Waals surface area contributed by atoms with E-state index < -0.39 is 0 Å². The van der Waals surface area contributed by atoms with Crippen LogP contribution in [0.3, 0.4) is 0 Å². The van der Waals surface area contributed by atoms with Crippen LogP contribution >= 0.6 is 0 Å². The number of carbonyl (C=O) groups excluding carboxylic acids is 1. The molecule has 0 unspecified atom stereocenters. The summed E-state index contributed by atoms with van der Waals surface area (Å²) in [5, 5.41) is 0. The highest BCUT2D eigenvalue weighted by Crippen LogP contribution is 2.21. The van der Waals surface area contributed by atoms with Gasteiger partial charge in [-0.1, -0.05) is 36.4 Å². The summed E-state index contributed by atoms with van der Waals surface area (Å²) in [6.07, 6.45) is 4.99. The molecule has 2 aromatic rings. The molecule has 1 fully saturated rings. The third kappa shape index (κ3) is 4.36. The molecular weight excluding hydrogens is 298 g/mol. The van der Waals surface area contributed by atoms with E-state index >= 15 is 0 Å². The lowest BCUT2D eigenvalue weighted by Gasteiger charge is -2.17. The van der Waals surface area contributed by atoms with Crippen LogP contribution in [-0.2, 0) is 24.1 Å². The number of anilines is 1. The highest BCUT2D eigenvalue weighted by molar-refractivity contribution is 5.77. The van der Waals surface area contributed by atoms with Crippen molar-refractivity contribution >= 4 is 11.6 Å². The number of hydrogen-bond acceptors (Lipinski definition) is 3. The molecule has 126 valence electrons. The molecule has 4 heteroatoms. The summed E-state index contributed by atoms with van der Waals surface area (Å²) >= 11 is 0. The number of nitrogens with two attached hydrogens (primary N) is 1. The number of aryl methyl sites for hydroxylation is 2. The van der Waals surface area contributed by atoms with E-state index in [1.807, 2.05) is 12.1 Å². The van der Waals surface area contributed by atoms with Crippen molar-refractivity contribution in [2.75, 3.05) is 18.0 Å². The van der Waals surface area contributed by atoms with E-state index in [1.54, 1.807) is 0 Å². The summed E-state index contributed by atoms with van der Waals surface area (Å²) in [6, 6.07) is 17.2. The minimum atomic E-state index is -0.166. The fraction of sp³-hybridized carbons (Fsp3) is 0.350. The molecule has 0 spiro atoms. The lowest BCUT2D eigenvalue weighted by atomic mass is 10.0. The van der Waals surface area contributed by atoms with Crippen LogP contribution in [-0.4, -0.2) is 19.0 Å². The molecule has 0 saturated carbocycles. The van der Waals surface area contributed by atoms with Crippen LogP contribution in [0.5, 0.6) is 0 Å². The molecule has 0 atom stereocenters. The second-order valence-corrected chi connectivity index (χ2v) is 6.42. The number of nitrogens with zero attached hydrogens (tertiary/aromatic N) is 1. The number of hydrazine groups is 1. The SMILES string of the molecule is NNC(=O)Cc1ccc(CCc2ccc(N3CCCC3)cc2)cc1. The molecule has 1 aliphatic rings. The third-order valence-electron chi connectivity index (χ3n) is 4.66. The van der Waals surface area contributed by atoms with Crippen LogP contribution in [0.4, 0.5) is 5.69 Å². The molecule has 2 aromatic carbocycles. The smallest absolute Gasteiger partial charge is 0.238 e. The molecule has 4 nitrogen and oxygen atoms in total. The fourth-order valence-electron chi connectivity index (χ4n) is 3.20. The van der Waals surface area contributed by atoms with Crippen molar-refractivity contribution in [2.24, 2.45) is 5.84 Å². The Kier molecular flexibility index (Phi) is 5.49. The first-order valence-electron chi connectivity index (χ1n) is 8.66. The normalized spacial score (nSPS) is 14.0. The Morgan fingerprint density at radius 1 is 0.875 bits per heavy atom. The van der Waals surface area contributed by atoms with E-state index in [-0.39, 0.29) is 5.91 Å². The molecule has 3 rings (SSSR count). The predicted molar refractivity (Wildman–Crippen MR) is 97.8 cm³/mol. The monoisotopic (exact) mass is 323 g/mol. The molecule has 1 aliphatic heterocycles. The Balaban J connectivity index is 1.52. The van der Waals surface area contributed by atoms with Gasteiger partial charge in [-0.05, 0) is 54.5 Å². The van der Waals surface area contributed by atoms with Gasteiger partial charge in [0.2, 0.25) is 5.91 Å². The van der Waals surface area contributed by atoms with Gasteiger partial charge >= 0.3 is 0 Å². The molecule has 0 radical (unpaired) electrons. The maximum Gasteiger partial charge on any atom is 0.238 e. The van der Waals surface area contributed by atoms with Crippen molar-refractivity contribution in [3.8, 4) is 0 Å². The van der Waals surface area contributed by atoms with Gasteiger partial charge in [0.1, 0.15) is 0 Å². The Bertz CT molecular complexity index is 658. The summed E-state index contributed by atoms with van der Waals surface area (Å²) in [5.41, 5.74) is 7.14. The highest BCUT2D eigenvalue weighted by Gasteiger charge is 2.11. The van der Waals surface area contributed by atoms with Gasteiger partial charge in [-0.25, -0.2) is 5.84 Å². The quantitative estimate of drug-likeness (QED) is 0.488. The zero-order valence-electron chi connectivity index (χ0n) is 14.0. The molecule has 1 amide bonds. The molecule has 3 N–H and O–H groups in total. The van der Waals surface area contributed by atoms with Gasteiger partial charge in [-0.2, -0.15) is 0 Å². The summed E-state index contributed by atoms with van der Waals surface area (Å²) in [4.78, 5) is 13.7. The molecule has 1 saturated heterocycles. The number of hydrogen-bond donors (Lipinski definition) is 2. The predicted octanol–water partition coefficient (Wildman–Crippen LogP) is 2.60. The second kappa shape index (κ2) is 7.97. The average molecular weight is 323 g/mol. The topological polar surface area (TPSA) is 58.4 Å². The first kappa shape index (κ1) is 16.5. The first-order valence-corrected chi connectivity index (χ1v) is 8.66. The van der Waals surface area contributed by atoms with Crippen molar-refractivity contribution in [3.05, 3.63) is 65.2 Å². The molecule has 0 aromatic heterocycles. The third-order valence-corrected chi connectivity index (χ3v) is 4.66. The maximum atomic E-state index is 11.3. The Morgan fingerprint density at radius 3 is 1.92 bits per heavy atom. The Labute approximate surface area is 143 Å². The summed E-state index contributed by atoms with van der Waals surface area (Å²) < 4.78 is 0. The van der Waals surface area contributed by atoms with Crippen LogP contribution in [0.2, 0.25) is 0 Å². The van der Waals surface area contributed by atoms with Gasteiger partial charge in [0.05, 0.1) is 6.42 Å². The van der Waals surface area contributed by atoms with Gasteiger partial charge < -0.3 is 4.90 Å². The van der Waals surface area contributed by atoms with Crippen LogP contribution < -0.4 is 16.2 Å². The largest absolute Gasteiger partial charge is 0.372 e. The molecule has 0 bridgehead atoms. The Morgan fingerprint density at radius 2 is 1.38 bits per heavy atom. The summed E-state index contributed by atoms with van der Waals surface area (Å²) in [5.74, 6) is 4.94. The van der Waals surface area contributed by atoms with E-state index in [2.05, 4.69) is 46.7 Å². The Hall–Kier alpha value is -2.33. The molecule has 0 aliphatic carbocycles. The summed E-state index contributed by atoms with van der Waals surface area (Å²) in [6.45, 7) is 2.38. The van der Waals surface area contributed by atoms with Crippen molar-refractivity contribution in [1.82, 2.24) is 5.43 Å². The van der Waals surface area contributed by atoms with Crippen LogP contribution in [0.15, 0.2) is 48.5 Å². The first-order chi connectivity index (χ1) is 11.7. The number of benzene rings is 2. The van der Waals surface area contributed by atoms with Crippen molar-refractivity contribution in [3.63, 3.8) is 0 Å². The van der Waals surface area contributed by atoms with Crippen LogP contribution in [0.25, 0.3) is 0 Å². The molecular formula is C20H25N3O. The molecule has 1 heterocycles. The van der Waals surface area contributed by atoms with Gasteiger partial charge in [0.25, 0.3) is 0 Å². The summed E-state index contributed by atoms with van der Waals surface area (Å²) in [7, 11) is 0. The van der Waals surface area contributed by atoms with Gasteiger partial charge in [0.15, 0.2) is 0 Å².